The van der Waals surface area contributed by atoms with E-state index in [9.17, 15) is 4.79 Å². The van der Waals surface area contributed by atoms with Crippen molar-refractivity contribution in [3.05, 3.63) is 44.4 Å². The zero-order chi connectivity index (χ0) is 17.3. The van der Waals surface area contributed by atoms with Crippen molar-refractivity contribution < 1.29 is 9.32 Å². The standard InChI is InChI=1S/C17H19N3O2S2/c1-9(2)16-15(10(3)20-22-16)17(21)18-7-12-5-6-14(24-12)13-8-23-11(4)19-13/h5-6,8-9H,7H2,1-4H3,(H,18,21). The van der Waals surface area contributed by atoms with Crippen LogP contribution in [-0.4, -0.2) is 16.0 Å². The minimum atomic E-state index is -0.142. The number of hydrogen-bond donors (Lipinski definition) is 1. The first-order chi connectivity index (χ1) is 11.5. The third kappa shape index (κ3) is 3.42. The average Bonchev–Trinajstić information content (AvgIpc) is 3.24. The fourth-order valence-corrected chi connectivity index (χ4v) is 4.00. The Kier molecular flexibility index (Phi) is 4.82. The van der Waals surface area contributed by atoms with Crippen LogP contribution in [-0.2, 0) is 6.54 Å². The number of amides is 1. The minimum absolute atomic E-state index is 0.119. The highest BCUT2D eigenvalue weighted by Gasteiger charge is 2.22. The molecule has 0 saturated heterocycles. The summed E-state index contributed by atoms with van der Waals surface area (Å²) in [5.41, 5.74) is 2.18. The molecular weight excluding hydrogens is 342 g/mol. The van der Waals surface area contributed by atoms with E-state index in [0.717, 1.165) is 20.5 Å². The molecule has 3 rings (SSSR count). The highest BCUT2D eigenvalue weighted by molar-refractivity contribution is 7.16. The largest absolute Gasteiger partial charge is 0.360 e. The second-order valence-corrected chi connectivity index (χ2v) is 8.09. The summed E-state index contributed by atoms with van der Waals surface area (Å²) in [5.74, 6) is 0.611. The van der Waals surface area contributed by atoms with Gasteiger partial charge in [0.1, 0.15) is 5.56 Å². The first-order valence-corrected chi connectivity index (χ1v) is 9.41. The summed E-state index contributed by atoms with van der Waals surface area (Å²) < 4.78 is 5.28. The normalized spacial score (nSPS) is 11.2. The van der Waals surface area contributed by atoms with Crippen LogP contribution >= 0.6 is 22.7 Å². The number of aryl methyl sites for hydroxylation is 2. The number of hydrogen-bond acceptors (Lipinski definition) is 6. The molecule has 1 amide bonds. The predicted octanol–water partition coefficient (Wildman–Crippen LogP) is 4.53. The Labute approximate surface area is 148 Å². The van der Waals surface area contributed by atoms with Crippen molar-refractivity contribution in [3.8, 4) is 10.6 Å². The number of thiophene rings is 1. The highest BCUT2D eigenvalue weighted by Crippen LogP contribution is 2.29. The van der Waals surface area contributed by atoms with Crippen LogP contribution in [0.3, 0.4) is 0 Å². The van der Waals surface area contributed by atoms with Crippen LogP contribution in [0.5, 0.6) is 0 Å². The Morgan fingerprint density at radius 3 is 2.79 bits per heavy atom. The van der Waals surface area contributed by atoms with Gasteiger partial charge in [-0.15, -0.1) is 22.7 Å². The van der Waals surface area contributed by atoms with Gasteiger partial charge < -0.3 is 9.84 Å². The molecule has 0 aliphatic carbocycles. The molecule has 0 unspecified atom stereocenters. The van der Waals surface area contributed by atoms with Gasteiger partial charge in [-0.1, -0.05) is 19.0 Å². The zero-order valence-electron chi connectivity index (χ0n) is 14.0. The van der Waals surface area contributed by atoms with E-state index in [4.69, 9.17) is 4.52 Å². The summed E-state index contributed by atoms with van der Waals surface area (Å²) in [5, 5.41) is 9.99. The number of aromatic nitrogens is 2. The van der Waals surface area contributed by atoms with Gasteiger partial charge >= 0.3 is 0 Å². The molecule has 0 atom stereocenters. The molecule has 24 heavy (non-hydrogen) atoms. The van der Waals surface area contributed by atoms with Gasteiger partial charge in [0.25, 0.3) is 5.91 Å². The number of nitrogens with one attached hydrogen (secondary N) is 1. The van der Waals surface area contributed by atoms with Gasteiger partial charge in [0.2, 0.25) is 0 Å². The Morgan fingerprint density at radius 2 is 2.12 bits per heavy atom. The summed E-state index contributed by atoms with van der Waals surface area (Å²) in [6, 6.07) is 4.07. The number of carbonyl (C=O) groups excluding carboxylic acids is 1. The Balaban J connectivity index is 1.69. The van der Waals surface area contributed by atoms with Crippen molar-refractivity contribution in [2.75, 3.05) is 0 Å². The van der Waals surface area contributed by atoms with E-state index in [0.29, 0.717) is 23.6 Å². The minimum Gasteiger partial charge on any atom is -0.360 e. The lowest BCUT2D eigenvalue weighted by Gasteiger charge is -2.06. The summed E-state index contributed by atoms with van der Waals surface area (Å²) in [4.78, 5) is 19.2. The molecule has 3 aromatic rings. The van der Waals surface area contributed by atoms with E-state index in [2.05, 4.69) is 20.8 Å². The van der Waals surface area contributed by atoms with E-state index < -0.39 is 0 Å². The van der Waals surface area contributed by atoms with Gasteiger partial charge in [0, 0.05) is 16.2 Å². The van der Waals surface area contributed by atoms with E-state index in [1.165, 1.54) is 0 Å². The SMILES string of the molecule is Cc1nc(-c2ccc(CNC(=O)c3c(C)noc3C(C)C)s2)cs1. The lowest BCUT2D eigenvalue weighted by Crippen LogP contribution is -2.24. The Morgan fingerprint density at radius 1 is 1.33 bits per heavy atom. The van der Waals surface area contributed by atoms with Crippen molar-refractivity contribution in [3.63, 3.8) is 0 Å². The molecule has 3 heterocycles. The molecule has 0 bridgehead atoms. The monoisotopic (exact) mass is 361 g/mol. The lowest BCUT2D eigenvalue weighted by atomic mass is 10.0. The van der Waals surface area contributed by atoms with E-state index in [-0.39, 0.29) is 11.8 Å². The topological polar surface area (TPSA) is 68.0 Å². The van der Waals surface area contributed by atoms with Gasteiger partial charge in [-0.3, -0.25) is 4.79 Å². The third-order valence-corrected chi connectivity index (χ3v) is 5.48. The Hall–Kier alpha value is -1.99. The molecule has 126 valence electrons. The number of thiazole rings is 1. The molecule has 3 aromatic heterocycles. The number of carbonyl (C=O) groups is 1. The lowest BCUT2D eigenvalue weighted by molar-refractivity contribution is 0.0948. The van der Waals surface area contributed by atoms with Crippen molar-refractivity contribution in [1.82, 2.24) is 15.5 Å². The fraction of sp³-hybridized carbons (Fsp3) is 0.353. The van der Waals surface area contributed by atoms with Crippen LogP contribution in [0.2, 0.25) is 0 Å². The quantitative estimate of drug-likeness (QED) is 0.725. The van der Waals surface area contributed by atoms with Crippen molar-refractivity contribution in [2.45, 2.75) is 40.2 Å². The molecule has 0 aromatic carbocycles. The molecule has 0 aliphatic rings. The van der Waals surface area contributed by atoms with E-state index >= 15 is 0 Å². The smallest absolute Gasteiger partial charge is 0.257 e. The molecule has 0 aliphatic heterocycles. The number of nitrogens with zero attached hydrogens (tertiary/aromatic N) is 2. The summed E-state index contributed by atoms with van der Waals surface area (Å²) in [7, 11) is 0. The van der Waals surface area contributed by atoms with Gasteiger partial charge in [-0.2, -0.15) is 0 Å². The average molecular weight is 361 g/mol. The maximum Gasteiger partial charge on any atom is 0.257 e. The second kappa shape index (κ2) is 6.86. The third-order valence-electron chi connectivity index (χ3n) is 3.60. The molecular formula is C17H19N3O2S2. The van der Waals surface area contributed by atoms with E-state index in [1.807, 2.05) is 32.9 Å². The van der Waals surface area contributed by atoms with Crippen molar-refractivity contribution in [1.29, 1.82) is 0 Å². The van der Waals surface area contributed by atoms with Crippen molar-refractivity contribution >= 4 is 28.6 Å². The molecule has 0 radical (unpaired) electrons. The van der Waals surface area contributed by atoms with Gasteiger partial charge in [0.15, 0.2) is 5.76 Å². The van der Waals surface area contributed by atoms with Crippen LogP contribution in [0.1, 0.15) is 51.5 Å². The van der Waals surface area contributed by atoms with E-state index in [1.54, 1.807) is 29.6 Å². The van der Waals surface area contributed by atoms with Gasteiger partial charge in [0.05, 0.1) is 27.8 Å². The summed E-state index contributed by atoms with van der Waals surface area (Å²) in [6.07, 6.45) is 0. The first-order valence-electron chi connectivity index (χ1n) is 7.71. The van der Waals surface area contributed by atoms with Crippen LogP contribution < -0.4 is 5.32 Å². The molecule has 1 N–H and O–H groups in total. The van der Waals surface area contributed by atoms with Crippen LogP contribution in [0, 0.1) is 13.8 Å². The zero-order valence-corrected chi connectivity index (χ0v) is 15.7. The maximum atomic E-state index is 12.5. The van der Waals surface area contributed by atoms with Crippen LogP contribution in [0.4, 0.5) is 0 Å². The maximum absolute atomic E-state index is 12.5. The molecule has 0 fully saturated rings. The van der Waals surface area contributed by atoms with Gasteiger partial charge in [-0.05, 0) is 26.0 Å². The van der Waals surface area contributed by atoms with Crippen LogP contribution in [0.25, 0.3) is 10.6 Å². The Bertz CT molecular complexity index is 861. The number of rotatable bonds is 5. The molecule has 0 saturated carbocycles. The first kappa shape index (κ1) is 16.9. The fourth-order valence-electron chi connectivity index (χ4n) is 2.40. The molecule has 0 spiro atoms. The molecule has 7 heteroatoms. The van der Waals surface area contributed by atoms with Crippen molar-refractivity contribution in [2.24, 2.45) is 0 Å². The van der Waals surface area contributed by atoms with Crippen LogP contribution in [0.15, 0.2) is 22.0 Å². The summed E-state index contributed by atoms with van der Waals surface area (Å²) in [6.45, 7) is 8.24. The summed E-state index contributed by atoms with van der Waals surface area (Å²) >= 11 is 3.28. The molecule has 5 nitrogen and oxygen atoms in total. The second-order valence-electron chi connectivity index (χ2n) is 5.86. The highest BCUT2D eigenvalue weighted by atomic mass is 32.1. The predicted molar refractivity (Wildman–Crippen MR) is 96.7 cm³/mol. The van der Waals surface area contributed by atoms with Gasteiger partial charge in [-0.25, -0.2) is 4.98 Å².